The van der Waals surface area contributed by atoms with Gasteiger partial charge in [0.15, 0.2) is 0 Å². The zero-order chi connectivity index (χ0) is 29.5. The van der Waals surface area contributed by atoms with Crippen molar-refractivity contribution in [2.75, 3.05) is 4.90 Å². The summed E-state index contributed by atoms with van der Waals surface area (Å²) in [5, 5.41) is 5.92. The zero-order valence-electron chi connectivity index (χ0n) is 23.8. The summed E-state index contributed by atoms with van der Waals surface area (Å²) in [5.41, 5.74) is 1.90. The van der Waals surface area contributed by atoms with Crippen molar-refractivity contribution >= 4 is 57.9 Å². The Kier molecular flexibility index (Phi) is 8.04. The number of anilines is 1. The maximum Gasteiger partial charge on any atom is 0.331 e. The molecule has 214 valence electrons. The minimum atomic E-state index is -0.592. The second kappa shape index (κ2) is 11.4. The summed E-state index contributed by atoms with van der Waals surface area (Å²) in [6.07, 6.45) is 7.86. The molecule has 4 aromatic rings. The van der Waals surface area contributed by atoms with E-state index in [4.69, 9.17) is 32.5 Å². The van der Waals surface area contributed by atoms with Gasteiger partial charge in [-0.3, -0.25) is 9.36 Å². The van der Waals surface area contributed by atoms with Crippen molar-refractivity contribution in [3.8, 4) is 11.3 Å². The Morgan fingerprint density at radius 3 is 2.34 bits per heavy atom. The Bertz CT molecular complexity index is 1620. The Balaban J connectivity index is 1.63. The van der Waals surface area contributed by atoms with Crippen LogP contribution in [0.2, 0.25) is 10.0 Å². The number of aromatic nitrogens is 2. The molecule has 2 aromatic carbocycles. The van der Waals surface area contributed by atoms with Crippen molar-refractivity contribution in [3.63, 3.8) is 0 Å². The molecule has 0 unspecified atom stereocenters. The van der Waals surface area contributed by atoms with Crippen LogP contribution >= 0.6 is 23.2 Å². The molecule has 1 fully saturated rings. The molecule has 1 aliphatic rings. The number of rotatable bonds is 5. The number of hydrogen-bond donors (Lipinski definition) is 0. The van der Waals surface area contributed by atoms with Crippen LogP contribution in [0.5, 0.6) is 0 Å². The number of carbonyl (C=O) groups excluding carboxylic acids is 2. The molecule has 0 N–H and O–H groups in total. The quantitative estimate of drug-likeness (QED) is 0.171. The number of nitrogens with zero attached hydrogens (tertiary/aromatic N) is 3. The smallest absolute Gasteiger partial charge is 0.331 e. The lowest BCUT2D eigenvalue weighted by Crippen LogP contribution is -2.44. The second-order valence-electron chi connectivity index (χ2n) is 11.5. The number of ether oxygens (including phenoxy) is 1. The highest BCUT2D eigenvalue weighted by atomic mass is 35.5. The van der Waals surface area contributed by atoms with Crippen LogP contribution in [0.4, 0.5) is 5.88 Å². The zero-order valence-corrected chi connectivity index (χ0v) is 25.3. The molecule has 0 spiro atoms. The van der Waals surface area contributed by atoms with E-state index in [2.05, 4.69) is 23.9 Å². The van der Waals surface area contributed by atoms with Crippen molar-refractivity contribution in [1.82, 2.24) is 9.72 Å². The summed E-state index contributed by atoms with van der Waals surface area (Å²) in [6, 6.07) is 12.9. The van der Waals surface area contributed by atoms with Gasteiger partial charge in [-0.15, -0.1) is 0 Å². The van der Waals surface area contributed by atoms with Gasteiger partial charge in [0, 0.05) is 35.3 Å². The van der Waals surface area contributed by atoms with Crippen LogP contribution in [0.1, 0.15) is 69.8 Å². The van der Waals surface area contributed by atoms with Crippen molar-refractivity contribution in [1.29, 1.82) is 0 Å². The highest BCUT2D eigenvalue weighted by Crippen LogP contribution is 2.42. The van der Waals surface area contributed by atoms with E-state index < -0.39 is 11.6 Å². The molecule has 2 aromatic heterocycles. The highest BCUT2D eigenvalue weighted by molar-refractivity contribution is 6.39. The van der Waals surface area contributed by atoms with E-state index in [0.29, 0.717) is 38.3 Å². The predicted molar refractivity (Wildman–Crippen MR) is 164 cm³/mol. The molecule has 7 nitrogen and oxygen atoms in total. The SMILES string of the molecule is C[C@@H]1CCC[C@H](C)N1c1onc(-c2c(Cl)cccc2Cl)c1C(=O)n1ccc2c(/C=C/C(=O)OC(C)(C)C)cccc21. The maximum atomic E-state index is 14.5. The van der Waals surface area contributed by atoms with E-state index in [0.717, 1.165) is 30.2 Å². The predicted octanol–water partition coefficient (Wildman–Crippen LogP) is 8.41. The minimum Gasteiger partial charge on any atom is -0.457 e. The minimum absolute atomic E-state index is 0.152. The molecule has 0 aliphatic carbocycles. The van der Waals surface area contributed by atoms with Crippen LogP contribution in [0.25, 0.3) is 28.2 Å². The molecule has 0 saturated carbocycles. The highest BCUT2D eigenvalue weighted by Gasteiger charge is 2.36. The van der Waals surface area contributed by atoms with Gasteiger partial charge in [0.05, 0.1) is 15.6 Å². The van der Waals surface area contributed by atoms with Gasteiger partial charge in [0.25, 0.3) is 5.91 Å². The van der Waals surface area contributed by atoms with Crippen LogP contribution in [0.3, 0.4) is 0 Å². The monoisotopic (exact) mass is 593 g/mol. The van der Waals surface area contributed by atoms with E-state index >= 15 is 0 Å². The van der Waals surface area contributed by atoms with Gasteiger partial charge in [0.2, 0.25) is 5.88 Å². The fourth-order valence-corrected chi connectivity index (χ4v) is 6.07. The number of hydrogen-bond acceptors (Lipinski definition) is 6. The maximum absolute atomic E-state index is 14.5. The third-order valence-corrected chi connectivity index (χ3v) is 7.94. The average Bonchev–Trinajstić information content (AvgIpc) is 3.51. The van der Waals surface area contributed by atoms with Gasteiger partial charge in [-0.1, -0.05) is 46.6 Å². The Morgan fingerprint density at radius 2 is 1.68 bits per heavy atom. The van der Waals surface area contributed by atoms with E-state index in [1.807, 2.05) is 45.0 Å². The second-order valence-corrected chi connectivity index (χ2v) is 12.3. The van der Waals surface area contributed by atoms with E-state index in [9.17, 15) is 9.59 Å². The molecule has 41 heavy (non-hydrogen) atoms. The molecule has 0 amide bonds. The lowest BCUT2D eigenvalue weighted by molar-refractivity contribution is -0.148. The van der Waals surface area contributed by atoms with E-state index in [-0.39, 0.29) is 18.0 Å². The van der Waals surface area contributed by atoms with E-state index in [1.54, 1.807) is 35.0 Å². The van der Waals surface area contributed by atoms with Gasteiger partial charge < -0.3 is 14.2 Å². The third kappa shape index (κ3) is 5.79. The topological polar surface area (TPSA) is 77.6 Å². The average molecular weight is 595 g/mol. The molecule has 2 atom stereocenters. The van der Waals surface area contributed by atoms with Crippen LogP contribution in [0.15, 0.2) is 59.3 Å². The summed E-state index contributed by atoms with van der Waals surface area (Å²) in [5.74, 6) is -0.353. The van der Waals surface area contributed by atoms with Gasteiger partial charge >= 0.3 is 5.97 Å². The summed E-state index contributed by atoms with van der Waals surface area (Å²) in [6.45, 7) is 9.71. The summed E-state index contributed by atoms with van der Waals surface area (Å²) in [7, 11) is 0. The Labute approximate surface area is 249 Å². The first kappa shape index (κ1) is 29.0. The first-order valence-electron chi connectivity index (χ1n) is 13.7. The molecule has 1 aliphatic heterocycles. The molecule has 5 rings (SSSR count). The number of esters is 1. The molecule has 0 radical (unpaired) electrons. The van der Waals surface area contributed by atoms with Crippen LogP contribution in [-0.2, 0) is 9.53 Å². The molecule has 3 heterocycles. The number of piperidine rings is 1. The standard InChI is InChI=1S/C32H33Cl2N3O4/c1-19-9-6-10-20(2)37(19)31-28(29(35-41-31)27-23(33)12-8-13-24(27)34)30(39)36-18-17-22-21(11-7-14-25(22)36)15-16-26(38)40-32(3,4)5/h7-8,11-20H,6,9-10H2,1-5H3/b16-15+/t19-,20+. The normalized spacial score (nSPS) is 17.9. The number of fused-ring (bicyclic) bond motifs is 1. The first-order valence-corrected chi connectivity index (χ1v) is 14.5. The van der Waals surface area contributed by atoms with Gasteiger partial charge in [-0.25, -0.2) is 4.79 Å². The Morgan fingerprint density at radius 1 is 1.02 bits per heavy atom. The first-order chi connectivity index (χ1) is 19.5. The number of carbonyl (C=O) groups is 2. The summed E-state index contributed by atoms with van der Waals surface area (Å²) >= 11 is 13.2. The van der Waals surface area contributed by atoms with Crippen LogP contribution < -0.4 is 4.90 Å². The Hall–Kier alpha value is -3.55. The molecule has 0 bridgehead atoms. The fraction of sp³-hybridized carbons (Fsp3) is 0.344. The van der Waals surface area contributed by atoms with Crippen LogP contribution in [-0.4, -0.2) is 39.3 Å². The lowest BCUT2D eigenvalue weighted by Gasteiger charge is -2.38. The molecule has 1 saturated heterocycles. The van der Waals surface area contributed by atoms with Crippen LogP contribution in [0, 0.1) is 0 Å². The molecule has 9 heteroatoms. The van der Waals surface area contributed by atoms with Crippen molar-refractivity contribution in [2.24, 2.45) is 0 Å². The van der Waals surface area contributed by atoms with Crippen molar-refractivity contribution < 1.29 is 18.8 Å². The fourth-order valence-electron chi connectivity index (χ4n) is 5.49. The third-order valence-electron chi connectivity index (χ3n) is 7.31. The van der Waals surface area contributed by atoms with Crippen molar-refractivity contribution in [3.05, 3.63) is 75.9 Å². The number of benzene rings is 2. The summed E-state index contributed by atoms with van der Waals surface area (Å²) < 4.78 is 12.9. The number of halogens is 2. The van der Waals surface area contributed by atoms with Gasteiger partial charge in [-0.2, -0.15) is 0 Å². The molecular weight excluding hydrogens is 561 g/mol. The van der Waals surface area contributed by atoms with Gasteiger partial charge in [0.1, 0.15) is 16.9 Å². The molecular formula is C32H33Cl2N3O4. The van der Waals surface area contributed by atoms with E-state index in [1.165, 1.54) is 6.08 Å². The summed E-state index contributed by atoms with van der Waals surface area (Å²) in [4.78, 5) is 28.9. The van der Waals surface area contributed by atoms with Gasteiger partial charge in [-0.05, 0) is 89.8 Å². The van der Waals surface area contributed by atoms with Crippen molar-refractivity contribution in [2.45, 2.75) is 71.6 Å². The lowest BCUT2D eigenvalue weighted by atomic mass is 9.96. The largest absolute Gasteiger partial charge is 0.457 e.